The Balaban J connectivity index is 2.15. The van der Waals surface area contributed by atoms with Crippen LogP contribution < -0.4 is 0 Å². The van der Waals surface area contributed by atoms with Crippen molar-refractivity contribution in [2.24, 2.45) is 11.3 Å². The Morgan fingerprint density at radius 3 is 2.71 bits per heavy atom. The van der Waals surface area contributed by atoms with Crippen LogP contribution >= 0.6 is 12.6 Å². The maximum atomic E-state index is 4.56. The number of aromatic nitrogens is 2. The summed E-state index contributed by atoms with van der Waals surface area (Å²) in [5.41, 5.74) is 3.13. The molecule has 1 atom stereocenters. The highest BCUT2D eigenvalue weighted by atomic mass is 32.1. The van der Waals surface area contributed by atoms with Crippen molar-refractivity contribution in [3.63, 3.8) is 0 Å². The van der Waals surface area contributed by atoms with Crippen molar-refractivity contribution in [3.8, 4) is 0 Å². The number of hydrogen-bond donors (Lipinski definition) is 1. The van der Waals surface area contributed by atoms with Crippen molar-refractivity contribution in [1.82, 2.24) is 9.55 Å². The molecule has 0 bridgehead atoms. The monoisotopic (exact) mass is 252 g/mol. The van der Waals surface area contributed by atoms with Gasteiger partial charge in [-0.05, 0) is 42.8 Å². The predicted octanol–water partition coefficient (Wildman–Crippen LogP) is 3.35. The third kappa shape index (κ3) is 2.87. The molecule has 17 heavy (non-hydrogen) atoms. The summed E-state index contributed by atoms with van der Waals surface area (Å²) in [5.74, 6) is 1.54. The summed E-state index contributed by atoms with van der Waals surface area (Å²) in [6, 6.07) is 0. The molecule has 0 saturated carbocycles. The second-order valence-electron chi connectivity index (χ2n) is 6.24. The summed E-state index contributed by atoms with van der Waals surface area (Å²) in [4.78, 5) is 4.56. The number of rotatable bonds is 3. The molecule has 1 unspecified atom stereocenters. The van der Waals surface area contributed by atoms with Crippen molar-refractivity contribution in [1.29, 1.82) is 0 Å². The van der Waals surface area contributed by atoms with E-state index in [-0.39, 0.29) is 0 Å². The van der Waals surface area contributed by atoms with E-state index in [1.807, 2.05) is 6.33 Å². The first-order chi connectivity index (χ1) is 8.02. The van der Waals surface area contributed by atoms with Gasteiger partial charge in [-0.3, -0.25) is 0 Å². The van der Waals surface area contributed by atoms with Crippen molar-refractivity contribution in [2.45, 2.75) is 53.0 Å². The first kappa shape index (κ1) is 13.0. The van der Waals surface area contributed by atoms with Gasteiger partial charge in [0.05, 0.1) is 12.0 Å². The van der Waals surface area contributed by atoms with Gasteiger partial charge in [-0.1, -0.05) is 20.8 Å². The van der Waals surface area contributed by atoms with Crippen molar-refractivity contribution < 1.29 is 0 Å². The van der Waals surface area contributed by atoms with Gasteiger partial charge in [0.25, 0.3) is 0 Å². The number of thiol groups is 1. The second-order valence-corrected chi connectivity index (χ2v) is 6.61. The molecule has 0 saturated heterocycles. The predicted molar refractivity (Wildman–Crippen MR) is 75.7 cm³/mol. The third-order valence-corrected chi connectivity index (χ3v) is 4.41. The first-order valence-electron chi connectivity index (χ1n) is 6.66. The SMILES string of the molecule is CC(C)(C)C(CS)Cn1cnc2c1CCCC2. The van der Waals surface area contributed by atoms with Gasteiger partial charge in [-0.15, -0.1) is 0 Å². The van der Waals surface area contributed by atoms with Gasteiger partial charge in [0.15, 0.2) is 0 Å². The fourth-order valence-corrected chi connectivity index (χ4v) is 3.19. The Kier molecular flexibility index (Phi) is 3.86. The Morgan fingerprint density at radius 2 is 2.06 bits per heavy atom. The molecule has 1 heterocycles. The maximum absolute atomic E-state index is 4.56. The van der Waals surface area contributed by atoms with Crippen molar-refractivity contribution in [2.75, 3.05) is 5.75 Å². The largest absolute Gasteiger partial charge is 0.334 e. The van der Waals surface area contributed by atoms with Crippen LogP contribution in [0.15, 0.2) is 6.33 Å². The lowest BCUT2D eigenvalue weighted by atomic mass is 9.82. The molecule has 96 valence electrons. The van der Waals surface area contributed by atoms with Gasteiger partial charge in [0, 0.05) is 12.2 Å². The summed E-state index contributed by atoms with van der Waals surface area (Å²) in [7, 11) is 0. The summed E-state index contributed by atoms with van der Waals surface area (Å²) < 4.78 is 2.38. The Labute approximate surface area is 110 Å². The van der Waals surface area contributed by atoms with Gasteiger partial charge >= 0.3 is 0 Å². The second kappa shape index (κ2) is 5.05. The van der Waals surface area contributed by atoms with Gasteiger partial charge < -0.3 is 4.57 Å². The van der Waals surface area contributed by atoms with E-state index in [9.17, 15) is 0 Å². The van der Waals surface area contributed by atoms with E-state index in [0.717, 1.165) is 12.3 Å². The number of aryl methyl sites for hydroxylation is 1. The minimum Gasteiger partial charge on any atom is -0.334 e. The molecule has 0 aromatic carbocycles. The first-order valence-corrected chi connectivity index (χ1v) is 7.29. The molecule has 3 heteroatoms. The Bertz CT molecular complexity index is 376. The van der Waals surface area contributed by atoms with E-state index in [2.05, 4.69) is 43.0 Å². The lowest BCUT2D eigenvalue weighted by Crippen LogP contribution is -2.27. The van der Waals surface area contributed by atoms with Crippen LogP contribution in [0.3, 0.4) is 0 Å². The van der Waals surface area contributed by atoms with E-state index >= 15 is 0 Å². The molecule has 0 spiro atoms. The Morgan fingerprint density at radius 1 is 1.35 bits per heavy atom. The standard InChI is InChI=1S/C14H24N2S/c1-14(2,3)11(9-17)8-16-10-15-12-6-4-5-7-13(12)16/h10-11,17H,4-9H2,1-3H3. The van der Waals surface area contributed by atoms with Crippen LogP contribution in [-0.2, 0) is 19.4 Å². The maximum Gasteiger partial charge on any atom is 0.0951 e. The summed E-state index contributed by atoms with van der Waals surface area (Å²) in [6.45, 7) is 7.97. The van der Waals surface area contributed by atoms with E-state index in [4.69, 9.17) is 0 Å². The van der Waals surface area contributed by atoms with Crippen molar-refractivity contribution in [3.05, 3.63) is 17.7 Å². The summed E-state index contributed by atoms with van der Waals surface area (Å²) in [6.07, 6.45) is 7.04. The molecule has 2 nitrogen and oxygen atoms in total. The average molecular weight is 252 g/mol. The highest BCUT2D eigenvalue weighted by molar-refractivity contribution is 7.80. The zero-order chi connectivity index (χ0) is 12.5. The zero-order valence-corrected chi connectivity index (χ0v) is 12.1. The molecule has 0 fully saturated rings. The molecule has 0 radical (unpaired) electrons. The van der Waals surface area contributed by atoms with Crippen LogP contribution in [0.1, 0.15) is 45.0 Å². The topological polar surface area (TPSA) is 17.8 Å². The molecule has 1 aromatic rings. The van der Waals surface area contributed by atoms with E-state index in [0.29, 0.717) is 11.3 Å². The zero-order valence-electron chi connectivity index (χ0n) is 11.2. The highest BCUT2D eigenvalue weighted by Crippen LogP contribution is 2.30. The van der Waals surface area contributed by atoms with Crippen LogP contribution in [0.25, 0.3) is 0 Å². The van der Waals surface area contributed by atoms with E-state index < -0.39 is 0 Å². The molecule has 0 amide bonds. The molecule has 2 rings (SSSR count). The fraction of sp³-hybridized carbons (Fsp3) is 0.786. The molecular formula is C14H24N2S. The average Bonchev–Trinajstić information content (AvgIpc) is 2.67. The van der Waals surface area contributed by atoms with Gasteiger partial charge in [0.2, 0.25) is 0 Å². The lowest BCUT2D eigenvalue weighted by Gasteiger charge is -2.30. The molecule has 1 aliphatic rings. The fourth-order valence-electron chi connectivity index (χ4n) is 2.53. The number of nitrogens with zero attached hydrogens (tertiary/aromatic N) is 2. The molecule has 1 aromatic heterocycles. The smallest absolute Gasteiger partial charge is 0.0951 e. The molecule has 0 N–H and O–H groups in total. The summed E-state index contributed by atoms with van der Waals surface area (Å²) in [5, 5.41) is 0. The number of imidazole rings is 1. The molecular weight excluding hydrogens is 228 g/mol. The van der Waals surface area contributed by atoms with Gasteiger partial charge in [0.1, 0.15) is 0 Å². The summed E-state index contributed by atoms with van der Waals surface area (Å²) >= 11 is 4.51. The van der Waals surface area contributed by atoms with Crippen LogP contribution in [0.2, 0.25) is 0 Å². The van der Waals surface area contributed by atoms with E-state index in [1.54, 1.807) is 0 Å². The van der Waals surface area contributed by atoms with Crippen LogP contribution in [0.4, 0.5) is 0 Å². The molecule has 1 aliphatic carbocycles. The van der Waals surface area contributed by atoms with Crippen LogP contribution in [0, 0.1) is 11.3 Å². The van der Waals surface area contributed by atoms with Gasteiger partial charge in [-0.2, -0.15) is 12.6 Å². The normalized spacial score (nSPS) is 17.9. The van der Waals surface area contributed by atoms with Crippen LogP contribution in [-0.4, -0.2) is 15.3 Å². The quantitative estimate of drug-likeness (QED) is 0.817. The van der Waals surface area contributed by atoms with Crippen molar-refractivity contribution >= 4 is 12.6 Å². The molecule has 0 aliphatic heterocycles. The highest BCUT2D eigenvalue weighted by Gasteiger charge is 2.25. The third-order valence-electron chi connectivity index (χ3n) is 3.97. The minimum absolute atomic E-state index is 0.313. The van der Waals surface area contributed by atoms with E-state index in [1.165, 1.54) is 37.1 Å². The number of hydrogen-bond acceptors (Lipinski definition) is 2. The van der Waals surface area contributed by atoms with Crippen LogP contribution in [0.5, 0.6) is 0 Å². The minimum atomic E-state index is 0.313. The number of fused-ring (bicyclic) bond motifs is 1. The van der Waals surface area contributed by atoms with Gasteiger partial charge in [-0.25, -0.2) is 4.98 Å². The Hall–Kier alpha value is -0.440. The lowest BCUT2D eigenvalue weighted by molar-refractivity contribution is 0.236.